The lowest BCUT2D eigenvalue weighted by Gasteiger charge is -2.56. The number of ether oxygens (including phenoxy) is 1. The highest BCUT2D eigenvalue weighted by molar-refractivity contribution is 5.80. The summed E-state index contributed by atoms with van der Waals surface area (Å²) in [4.78, 5) is 12.1. The highest BCUT2D eigenvalue weighted by Crippen LogP contribution is 2.72. The fraction of sp³-hybridized carbons (Fsp3) is 0.923. The quantitative estimate of drug-likeness (QED) is 0.690. The topological polar surface area (TPSA) is 46.5 Å². The molecule has 0 heterocycles. The highest BCUT2D eigenvalue weighted by Gasteiger charge is 2.74. The third kappa shape index (κ3) is 0.963. The normalized spacial score (nSPS) is 54.1. The van der Waals surface area contributed by atoms with Crippen molar-refractivity contribution < 1.29 is 14.6 Å². The van der Waals surface area contributed by atoms with Crippen molar-refractivity contribution in [3.63, 3.8) is 0 Å². The number of aliphatic hydroxyl groups is 1. The van der Waals surface area contributed by atoms with Gasteiger partial charge in [-0.1, -0.05) is 6.42 Å². The second kappa shape index (κ2) is 3.00. The average Bonchev–Trinajstić information content (AvgIpc) is 2.70. The minimum absolute atomic E-state index is 0.0709. The zero-order valence-corrected chi connectivity index (χ0v) is 10.0. The van der Waals surface area contributed by atoms with Gasteiger partial charge < -0.3 is 9.84 Å². The van der Waals surface area contributed by atoms with E-state index in [-0.39, 0.29) is 17.3 Å². The lowest BCUT2D eigenvalue weighted by Crippen LogP contribution is -2.61. The molecule has 0 aromatic carbocycles. The summed E-state index contributed by atoms with van der Waals surface area (Å²) in [5.74, 6) is 1.13. The number of carbonyl (C=O) groups is 1. The summed E-state index contributed by atoms with van der Waals surface area (Å²) < 4.78 is 5.01. The molecule has 90 valence electrons. The van der Waals surface area contributed by atoms with Crippen molar-refractivity contribution in [2.45, 2.75) is 44.6 Å². The third-order valence-electron chi connectivity index (χ3n) is 5.49. The van der Waals surface area contributed by atoms with Gasteiger partial charge in [-0.15, -0.1) is 0 Å². The van der Waals surface area contributed by atoms with E-state index >= 15 is 0 Å². The number of methoxy groups -OCH3 is 1. The van der Waals surface area contributed by atoms with E-state index in [1.807, 2.05) is 6.92 Å². The minimum Gasteiger partial charge on any atom is -0.469 e. The van der Waals surface area contributed by atoms with Crippen LogP contribution in [0.5, 0.6) is 0 Å². The largest absolute Gasteiger partial charge is 0.469 e. The van der Waals surface area contributed by atoms with Gasteiger partial charge in [-0.2, -0.15) is 0 Å². The first-order valence-electron chi connectivity index (χ1n) is 6.35. The zero-order valence-electron chi connectivity index (χ0n) is 10.0. The molecule has 0 aliphatic heterocycles. The van der Waals surface area contributed by atoms with Gasteiger partial charge in [0.25, 0.3) is 0 Å². The van der Waals surface area contributed by atoms with Gasteiger partial charge >= 0.3 is 5.97 Å². The molecule has 3 nitrogen and oxygen atoms in total. The fourth-order valence-electron chi connectivity index (χ4n) is 5.06. The van der Waals surface area contributed by atoms with Gasteiger partial charge in [-0.05, 0) is 44.4 Å². The predicted octanol–water partition coefficient (Wildman–Crippen LogP) is 1.74. The molecule has 3 saturated carbocycles. The maximum absolute atomic E-state index is 12.1. The molecule has 3 fully saturated rings. The van der Waals surface area contributed by atoms with Crippen LogP contribution in [0, 0.1) is 23.2 Å². The van der Waals surface area contributed by atoms with Crippen molar-refractivity contribution in [3.05, 3.63) is 0 Å². The van der Waals surface area contributed by atoms with Gasteiger partial charge in [0.15, 0.2) is 0 Å². The van der Waals surface area contributed by atoms with Crippen LogP contribution < -0.4 is 0 Å². The fourth-order valence-corrected chi connectivity index (χ4v) is 5.06. The predicted molar refractivity (Wildman–Crippen MR) is 58.6 cm³/mol. The Morgan fingerprint density at radius 2 is 2.12 bits per heavy atom. The summed E-state index contributed by atoms with van der Waals surface area (Å²) >= 11 is 0. The maximum Gasteiger partial charge on any atom is 0.312 e. The first-order valence-corrected chi connectivity index (χ1v) is 6.35. The molecule has 0 unspecified atom stereocenters. The molecular weight excluding hydrogens is 204 g/mol. The summed E-state index contributed by atoms with van der Waals surface area (Å²) in [5, 5.41) is 10.4. The Bertz CT molecular complexity index is 336. The molecule has 0 saturated heterocycles. The van der Waals surface area contributed by atoms with E-state index in [0.717, 1.165) is 19.3 Å². The molecule has 1 N–H and O–H groups in total. The second-order valence-corrected chi connectivity index (χ2v) is 6.07. The van der Waals surface area contributed by atoms with Gasteiger partial charge in [-0.25, -0.2) is 0 Å². The Morgan fingerprint density at radius 1 is 1.38 bits per heavy atom. The van der Waals surface area contributed by atoms with Crippen LogP contribution in [0.25, 0.3) is 0 Å². The third-order valence-corrected chi connectivity index (χ3v) is 5.49. The van der Waals surface area contributed by atoms with Crippen molar-refractivity contribution in [2.75, 3.05) is 7.11 Å². The van der Waals surface area contributed by atoms with E-state index in [2.05, 4.69) is 0 Å². The number of carbonyl (C=O) groups excluding carboxylic acids is 1. The number of hydrogen-bond acceptors (Lipinski definition) is 3. The Kier molecular flexibility index (Phi) is 1.99. The summed E-state index contributed by atoms with van der Waals surface area (Å²) in [5.41, 5.74) is -0.987. The maximum atomic E-state index is 12.1. The molecule has 0 aromatic heterocycles. The van der Waals surface area contributed by atoms with Crippen LogP contribution in [-0.2, 0) is 9.53 Å². The SMILES string of the molecule is COC(=O)[C@@]12CC[C@](C)(O)[C@@H]1[C@H]1CCC[C@H]12. The van der Waals surface area contributed by atoms with E-state index < -0.39 is 5.60 Å². The monoisotopic (exact) mass is 224 g/mol. The van der Waals surface area contributed by atoms with Gasteiger partial charge in [0, 0.05) is 5.92 Å². The van der Waals surface area contributed by atoms with E-state index in [1.54, 1.807) is 0 Å². The molecular formula is C13H20O3. The molecule has 3 rings (SSSR count). The van der Waals surface area contributed by atoms with Crippen molar-refractivity contribution >= 4 is 5.97 Å². The van der Waals surface area contributed by atoms with E-state index in [9.17, 15) is 9.90 Å². The summed E-state index contributed by atoms with van der Waals surface area (Å²) in [6.07, 6.45) is 5.11. The number of hydrogen-bond donors (Lipinski definition) is 1. The molecule has 3 aliphatic rings. The van der Waals surface area contributed by atoms with Gasteiger partial charge in [0.1, 0.15) is 0 Å². The molecule has 0 bridgehead atoms. The van der Waals surface area contributed by atoms with Crippen molar-refractivity contribution in [2.24, 2.45) is 23.2 Å². The second-order valence-electron chi connectivity index (χ2n) is 6.07. The van der Waals surface area contributed by atoms with E-state index in [4.69, 9.17) is 4.74 Å². The molecule has 5 atom stereocenters. The molecule has 16 heavy (non-hydrogen) atoms. The van der Waals surface area contributed by atoms with Crippen LogP contribution in [0.4, 0.5) is 0 Å². The van der Waals surface area contributed by atoms with E-state index in [1.165, 1.54) is 20.0 Å². The highest BCUT2D eigenvalue weighted by atomic mass is 16.5. The lowest BCUT2D eigenvalue weighted by molar-refractivity contribution is -0.197. The van der Waals surface area contributed by atoms with Gasteiger partial charge in [-0.3, -0.25) is 4.79 Å². The zero-order chi connectivity index (χ0) is 11.6. The first kappa shape index (κ1) is 10.6. The molecule has 3 aliphatic carbocycles. The smallest absolute Gasteiger partial charge is 0.312 e. The Balaban J connectivity index is 2.00. The van der Waals surface area contributed by atoms with E-state index in [0.29, 0.717) is 11.8 Å². The first-order chi connectivity index (χ1) is 7.54. The van der Waals surface area contributed by atoms with Crippen molar-refractivity contribution in [1.82, 2.24) is 0 Å². The summed E-state index contributed by atoms with van der Waals surface area (Å²) in [6, 6.07) is 0. The van der Waals surface area contributed by atoms with Crippen LogP contribution in [-0.4, -0.2) is 23.8 Å². The minimum atomic E-state index is -0.653. The van der Waals surface area contributed by atoms with Crippen LogP contribution in [0.3, 0.4) is 0 Å². The number of fused-ring (bicyclic) bond motifs is 4. The summed E-state index contributed by atoms with van der Waals surface area (Å²) in [7, 11) is 1.48. The summed E-state index contributed by atoms with van der Waals surface area (Å²) in [6.45, 7) is 1.90. The van der Waals surface area contributed by atoms with Gasteiger partial charge in [0.2, 0.25) is 0 Å². The Labute approximate surface area is 96.2 Å². The van der Waals surface area contributed by atoms with Crippen LogP contribution in [0.15, 0.2) is 0 Å². The molecule has 0 amide bonds. The number of rotatable bonds is 1. The lowest BCUT2D eigenvalue weighted by atomic mass is 9.47. The average molecular weight is 224 g/mol. The molecule has 0 aromatic rings. The van der Waals surface area contributed by atoms with Crippen LogP contribution in [0.1, 0.15) is 39.0 Å². The Morgan fingerprint density at radius 3 is 2.81 bits per heavy atom. The van der Waals surface area contributed by atoms with Gasteiger partial charge in [0.05, 0.1) is 18.1 Å². The molecule has 0 spiro atoms. The standard InChI is InChI=1S/C13H20O3/c1-12(15)6-7-13(11(14)16-2)9-5-3-4-8(9)10(12)13/h8-10,15H,3-7H2,1-2H3/t8-,9+,10-,12-,13+/m0/s1. The molecule has 0 radical (unpaired) electrons. The van der Waals surface area contributed by atoms with Crippen molar-refractivity contribution in [3.8, 4) is 0 Å². The number of esters is 1. The van der Waals surface area contributed by atoms with Crippen LogP contribution >= 0.6 is 0 Å². The molecule has 3 heteroatoms. The van der Waals surface area contributed by atoms with Crippen molar-refractivity contribution in [1.29, 1.82) is 0 Å². The van der Waals surface area contributed by atoms with Crippen LogP contribution in [0.2, 0.25) is 0 Å². The Hall–Kier alpha value is -0.570.